The molecule has 0 aromatic carbocycles. The Kier molecular flexibility index (Phi) is 5.57. The molecule has 2 unspecified atom stereocenters. The second-order valence-electron chi connectivity index (χ2n) is 6.30. The zero-order valence-corrected chi connectivity index (χ0v) is 14.6. The molecule has 1 aliphatic heterocycles. The molecule has 0 aliphatic carbocycles. The maximum atomic E-state index is 12.3. The summed E-state index contributed by atoms with van der Waals surface area (Å²) in [4.78, 5) is 39.4. The van der Waals surface area contributed by atoms with Crippen molar-refractivity contribution in [1.29, 1.82) is 0 Å². The van der Waals surface area contributed by atoms with E-state index in [9.17, 15) is 14.4 Å². The van der Waals surface area contributed by atoms with Crippen LogP contribution in [0, 0.1) is 25.7 Å². The first kappa shape index (κ1) is 17.7. The minimum atomic E-state index is -0.789. The fraction of sp³-hybridized carbons (Fsp3) is 0.588. The maximum Gasteiger partial charge on any atom is 0.306 e. The molecule has 2 rings (SSSR count). The number of amides is 1. The van der Waals surface area contributed by atoms with Gasteiger partial charge in [-0.15, -0.1) is 11.3 Å². The highest BCUT2D eigenvalue weighted by atomic mass is 32.1. The second-order valence-corrected chi connectivity index (χ2v) is 7.76. The van der Waals surface area contributed by atoms with Crippen molar-refractivity contribution in [2.75, 3.05) is 13.1 Å². The number of aryl methyl sites for hydroxylation is 2. The van der Waals surface area contributed by atoms with Gasteiger partial charge in [0.2, 0.25) is 5.91 Å². The summed E-state index contributed by atoms with van der Waals surface area (Å²) in [5, 5.41) is 9.12. The molecule has 1 N–H and O–H groups in total. The smallest absolute Gasteiger partial charge is 0.306 e. The monoisotopic (exact) mass is 337 g/mol. The lowest BCUT2D eigenvalue weighted by atomic mass is 9.87. The Labute approximate surface area is 140 Å². The number of aliphatic carboxylic acids is 1. The summed E-state index contributed by atoms with van der Waals surface area (Å²) in [6.07, 6.45) is 0.889. The van der Waals surface area contributed by atoms with Crippen LogP contribution in [0.2, 0.25) is 0 Å². The van der Waals surface area contributed by atoms with Gasteiger partial charge in [-0.2, -0.15) is 0 Å². The lowest BCUT2D eigenvalue weighted by Gasteiger charge is -2.35. The molecular weight excluding hydrogens is 314 g/mol. The molecule has 5 nitrogen and oxygen atoms in total. The summed E-state index contributed by atoms with van der Waals surface area (Å²) in [5.74, 6) is -1.27. The largest absolute Gasteiger partial charge is 0.481 e. The van der Waals surface area contributed by atoms with Crippen LogP contribution in [-0.2, 0) is 9.59 Å². The number of carbonyl (C=O) groups excluding carboxylic acids is 2. The number of hydrogen-bond donors (Lipinski definition) is 1. The fourth-order valence-electron chi connectivity index (χ4n) is 3.16. The number of nitrogens with zero attached hydrogens (tertiary/aromatic N) is 1. The number of piperidine rings is 1. The SMILES string of the molecule is Cc1cc(C(=O)CCC(=O)N2CCC(C(=O)O)C(C)C2)c(C)s1. The summed E-state index contributed by atoms with van der Waals surface area (Å²) < 4.78 is 0. The molecule has 0 radical (unpaired) electrons. The van der Waals surface area contributed by atoms with Crippen LogP contribution < -0.4 is 0 Å². The molecule has 0 saturated carbocycles. The molecule has 23 heavy (non-hydrogen) atoms. The van der Waals surface area contributed by atoms with Crippen LogP contribution in [0.3, 0.4) is 0 Å². The predicted molar refractivity (Wildman–Crippen MR) is 88.8 cm³/mol. The Morgan fingerprint density at radius 3 is 2.52 bits per heavy atom. The Bertz CT molecular complexity index is 622. The Morgan fingerprint density at radius 1 is 1.30 bits per heavy atom. The minimum absolute atomic E-state index is 0.00803. The van der Waals surface area contributed by atoms with Crippen molar-refractivity contribution < 1.29 is 19.5 Å². The van der Waals surface area contributed by atoms with Crippen LogP contribution in [0.15, 0.2) is 6.07 Å². The van der Waals surface area contributed by atoms with Gasteiger partial charge < -0.3 is 10.0 Å². The lowest BCUT2D eigenvalue weighted by molar-refractivity contribution is -0.148. The fourth-order valence-corrected chi connectivity index (χ4v) is 4.10. The Balaban J connectivity index is 1.87. The number of carboxylic acid groups (broad SMARTS) is 1. The molecule has 0 spiro atoms. The van der Waals surface area contributed by atoms with Gasteiger partial charge in [-0.3, -0.25) is 14.4 Å². The van der Waals surface area contributed by atoms with Crippen LogP contribution in [0.4, 0.5) is 0 Å². The highest BCUT2D eigenvalue weighted by Gasteiger charge is 2.32. The van der Waals surface area contributed by atoms with Crippen molar-refractivity contribution in [2.24, 2.45) is 11.8 Å². The number of Topliss-reactive ketones (excluding diaryl/α,β-unsaturated/α-hetero) is 1. The van der Waals surface area contributed by atoms with Gasteiger partial charge in [0, 0.05) is 41.2 Å². The van der Waals surface area contributed by atoms with E-state index in [-0.39, 0.29) is 36.4 Å². The third-order valence-corrected chi connectivity index (χ3v) is 5.45. The van der Waals surface area contributed by atoms with Gasteiger partial charge in [0.15, 0.2) is 5.78 Å². The molecule has 1 saturated heterocycles. The molecule has 1 fully saturated rings. The van der Waals surface area contributed by atoms with Crippen molar-refractivity contribution in [3.8, 4) is 0 Å². The number of carbonyl (C=O) groups is 3. The third kappa shape index (κ3) is 4.19. The van der Waals surface area contributed by atoms with E-state index >= 15 is 0 Å². The van der Waals surface area contributed by atoms with Gasteiger partial charge >= 0.3 is 5.97 Å². The molecule has 2 heterocycles. The summed E-state index contributed by atoms with van der Waals surface area (Å²) in [7, 11) is 0. The van der Waals surface area contributed by atoms with E-state index in [0.717, 1.165) is 15.3 Å². The summed E-state index contributed by atoms with van der Waals surface area (Å²) in [5.41, 5.74) is 0.721. The number of rotatable bonds is 5. The lowest BCUT2D eigenvalue weighted by Crippen LogP contribution is -2.45. The normalized spacial score (nSPS) is 21.3. The maximum absolute atomic E-state index is 12.3. The molecule has 6 heteroatoms. The van der Waals surface area contributed by atoms with Crippen molar-refractivity contribution in [3.05, 3.63) is 21.4 Å². The van der Waals surface area contributed by atoms with Gasteiger partial charge in [-0.1, -0.05) is 6.92 Å². The van der Waals surface area contributed by atoms with E-state index in [0.29, 0.717) is 19.5 Å². The molecule has 1 aliphatic rings. The Hall–Kier alpha value is -1.69. The summed E-state index contributed by atoms with van der Waals surface area (Å²) >= 11 is 1.59. The first-order valence-corrected chi connectivity index (χ1v) is 8.72. The van der Waals surface area contributed by atoms with Crippen LogP contribution >= 0.6 is 11.3 Å². The van der Waals surface area contributed by atoms with E-state index in [1.165, 1.54) is 0 Å². The quantitative estimate of drug-likeness (QED) is 0.838. The number of hydrogen-bond acceptors (Lipinski definition) is 4. The predicted octanol–water partition coefficient (Wildman–Crippen LogP) is 2.90. The van der Waals surface area contributed by atoms with Gasteiger partial charge in [-0.05, 0) is 32.3 Å². The van der Waals surface area contributed by atoms with Crippen molar-refractivity contribution >= 4 is 29.0 Å². The van der Waals surface area contributed by atoms with Crippen molar-refractivity contribution in [3.63, 3.8) is 0 Å². The first-order chi connectivity index (χ1) is 10.8. The average Bonchev–Trinajstić information content (AvgIpc) is 2.82. The van der Waals surface area contributed by atoms with E-state index in [2.05, 4.69) is 0 Å². The number of thiophene rings is 1. The molecule has 0 bridgehead atoms. The van der Waals surface area contributed by atoms with E-state index in [1.807, 2.05) is 26.8 Å². The van der Waals surface area contributed by atoms with E-state index in [1.54, 1.807) is 16.2 Å². The minimum Gasteiger partial charge on any atom is -0.481 e. The molecule has 1 aromatic rings. The molecule has 1 aromatic heterocycles. The van der Waals surface area contributed by atoms with Crippen LogP contribution in [0.1, 0.15) is 46.3 Å². The second kappa shape index (κ2) is 7.25. The number of carboxylic acids is 1. The van der Waals surface area contributed by atoms with Crippen LogP contribution in [0.25, 0.3) is 0 Å². The highest BCUT2D eigenvalue weighted by Crippen LogP contribution is 2.25. The van der Waals surface area contributed by atoms with Crippen LogP contribution in [-0.4, -0.2) is 40.8 Å². The van der Waals surface area contributed by atoms with Gasteiger partial charge in [-0.25, -0.2) is 0 Å². The average molecular weight is 337 g/mol. The molecule has 126 valence electrons. The topological polar surface area (TPSA) is 74.7 Å². The molecule has 1 amide bonds. The van der Waals surface area contributed by atoms with E-state index < -0.39 is 5.97 Å². The molecule has 2 atom stereocenters. The summed E-state index contributed by atoms with van der Waals surface area (Å²) in [6, 6.07) is 1.88. The van der Waals surface area contributed by atoms with Crippen molar-refractivity contribution in [2.45, 2.75) is 40.0 Å². The number of likely N-dealkylation sites (tertiary alicyclic amines) is 1. The van der Waals surface area contributed by atoms with Gasteiger partial charge in [0.05, 0.1) is 5.92 Å². The zero-order chi connectivity index (χ0) is 17.1. The van der Waals surface area contributed by atoms with Crippen molar-refractivity contribution in [1.82, 2.24) is 4.90 Å². The first-order valence-electron chi connectivity index (χ1n) is 7.90. The van der Waals surface area contributed by atoms with Crippen LogP contribution in [0.5, 0.6) is 0 Å². The Morgan fingerprint density at radius 2 is 2.00 bits per heavy atom. The van der Waals surface area contributed by atoms with E-state index in [4.69, 9.17) is 5.11 Å². The van der Waals surface area contributed by atoms with Gasteiger partial charge in [0.25, 0.3) is 0 Å². The van der Waals surface area contributed by atoms with Gasteiger partial charge in [0.1, 0.15) is 0 Å². The zero-order valence-electron chi connectivity index (χ0n) is 13.8. The highest BCUT2D eigenvalue weighted by molar-refractivity contribution is 7.12. The number of ketones is 1. The third-order valence-electron chi connectivity index (χ3n) is 4.48. The summed E-state index contributed by atoms with van der Waals surface area (Å²) in [6.45, 7) is 6.67. The standard InChI is InChI=1S/C17H23NO4S/c1-10-9-18(7-6-13(10)17(21)22)16(20)5-4-15(19)14-8-11(2)23-12(14)3/h8,10,13H,4-7,9H2,1-3H3,(H,21,22). The molecular formula is C17H23NO4S.